The molecule has 0 aromatic heterocycles. The molecule has 0 radical (unpaired) electrons. The maximum absolute atomic E-state index is 12.7. The first-order valence-electron chi connectivity index (χ1n) is 7.37. The van der Waals surface area contributed by atoms with Gasteiger partial charge in [0.1, 0.15) is 0 Å². The molecule has 0 saturated heterocycles. The number of rotatable bonds is 4. The topological polar surface area (TPSA) is 104 Å². The predicted octanol–water partition coefficient (Wildman–Crippen LogP) is 2.12. The van der Waals surface area contributed by atoms with E-state index < -0.39 is 23.5 Å². The number of halogens is 1. The fourth-order valence-electron chi connectivity index (χ4n) is 2.53. The van der Waals surface area contributed by atoms with Gasteiger partial charge in [0, 0.05) is 28.3 Å². The summed E-state index contributed by atoms with van der Waals surface area (Å²) in [5, 5.41) is 9.07. The third-order valence-electron chi connectivity index (χ3n) is 3.77. The average Bonchev–Trinajstić information content (AvgIpc) is 2.99. The smallest absolute Gasteiger partial charge is 0.275 e. The number of amides is 3. The molecule has 0 saturated carbocycles. The molecule has 0 unspecified atom stereocenters. The van der Waals surface area contributed by atoms with Crippen molar-refractivity contribution in [3.8, 4) is 0 Å². The molecule has 1 aliphatic rings. The third-order valence-corrected chi connectivity index (χ3v) is 4.00. The van der Waals surface area contributed by atoms with Gasteiger partial charge in [-0.15, -0.1) is 0 Å². The highest BCUT2D eigenvalue weighted by molar-refractivity contribution is 6.31. The van der Waals surface area contributed by atoms with Crippen molar-refractivity contribution in [2.45, 2.75) is 0 Å². The van der Waals surface area contributed by atoms with Crippen molar-refractivity contribution in [1.82, 2.24) is 5.48 Å². The number of carbonyl (C=O) groups is 4. The summed E-state index contributed by atoms with van der Waals surface area (Å²) >= 11 is 5.90. The first kappa shape index (κ1) is 17.5. The predicted molar refractivity (Wildman–Crippen MR) is 92.2 cm³/mol. The summed E-state index contributed by atoms with van der Waals surface area (Å²) in [6.07, 6.45) is 2.32. The van der Waals surface area contributed by atoms with Crippen LogP contribution in [0.5, 0.6) is 0 Å². The molecule has 0 atom stereocenters. The Morgan fingerprint density at radius 3 is 2.12 bits per heavy atom. The van der Waals surface area contributed by atoms with Crippen molar-refractivity contribution in [3.05, 3.63) is 76.3 Å². The van der Waals surface area contributed by atoms with E-state index in [0.29, 0.717) is 5.69 Å². The average molecular weight is 371 g/mol. The largest absolute Gasteiger partial charge is 0.289 e. The van der Waals surface area contributed by atoms with Crippen LogP contribution in [0.4, 0.5) is 5.69 Å². The van der Waals surface area contributed by atoms with Crippen molar-refractivity contribution < 1.29 is 24.4 Å². The number of benzene rings is 2. The standard InChI is InChI=1S/C18H11ClN2O5/c19-11-3-6-13(18(25)20-26)14(9-11)17(24)10-1-4-12(5-2-10)21-15(22)7-8-16(21)23/h1-9,26H,(H,20,25). The van der Waals surface area contributed by atoms with E-state index in [4.69, 9.17) is 16.8 Å². The Kier molecular flexibility index (Phi) is 4.66. The van der Waals surface area contributed by atoms with Crippen molar-refractivity contribution in [1.29, 1.82) is 0 Å². The lowest BCUT2D eigenvalue weighted by molar-refractivity contribution is -0.119. The van der Waals surface area contributed by atoms with Gasteiger partial charge in [-0.25, -0.2) is 10.4 Å². The summed E-state index contributed by atoms with van der Waals surface area (Å²) in [7, 11) is 0. The SMILES string of the molecule is O=C(NO)c1ccc(Cl)cc1C(=O)c1ccc(N2C(=O)C=CC2=O)cc1. The molecule has 1 aliphatic heterocycles. The van der Waals surface area contributed by atoms with Gasteiger partial charge in [-0.1, -0.05) is 11.6 Å². The number of imide groups is 1. The van der Waals surface area contributed by atoms with E-state index in [1.165, 1.54) is 47.9 Å². The first-order valence-corrected chi connectivity index (χ1v) is 7.75. The van der Waals surface area contributed by atoms with E-state index in [0.717, 1.165) is 17.1 Å². The molecule has 130 valence electrons. The summed E-state index contributed by atoms with van der Waals surface area (Å²) in [4.78, 5) is 48.8. The summed E-state index contributed by atoms with van der Waals surface area (Å²) in [6.45, 7) is 0. The maximum atomic E-state index is 12.7. The Balaban J connectivity index is 1.94. The minimum absolute atomic E-state index is 0.00629. The Labute approximate surface area is 152 Å². The molecule has 1 heterocycles. The highest BCUT2D eigenvalue weighted by Crippen LogP contribution is 2.23. The van der Waals surface area contributed by atoms with Crippen molar-refractivity contribution in [2.24, 2.45) is 0 Å². The molecule has 2 aromatic rings. The van der Waals surface area contributed by atoms with Gasteiger partial charge in [0.05, 0.1) is 11.3 Å². The van der Waals surface area contributed by atoms with Gasteiger partial charge in [0.2, 0.25) is 0 Å². The zero-order valence-electron chi connectivity index (χ0n) is 13.1. The van der Waals surface area contributed by atoms with Crippen LogP contribution in [0.3, 0.4) is 0 Å². The number of nitrogens with one attached hydrogen (secondary N) is 1. The van der Waals surface area contributed by atoms with Gasteiger partial charge >= 0.3 is 0 Å². The van der Waals surface area contributed by atoms with Gasteiger partial charge in [0.15, 0.2) is 5.78 Å². The zero-order chi connectivity index (χ0) is 18.8. The first-order chi connectivity index (χ1) is 12.4. The van der Waals surface area contributed by atoms with Crippen LogP contribution in [0, 0.1) is 0 Å². The van der Waals surface area contributed by atoms with E-state index in [9.17, 15) is 19.2 Å². The number of anilines is 1. The Hall–Kier alpha value is -3.29. The van der Waals surface area contributed by atoms with Crippen molar-refractivity contribution in [2.75, 3.05) is 4.90 Å². The second-order valence-corrected chi connectivity index (χ2v) is 5.79. The van der Waals surface area contributed by atoms with E-state index in [-0.39, 0.29) is 21.7 Å². The lowest BCUT2D eigenvalue weighted by Crippen LogP contribution is -2.29. The van der Waals surface area contributed by atoms with Crippen LogP contribution in [-0.2, 0) is 9.59 Å². The number of hydrogen-bond donors (Lipinski definition) is 2. The number of carbonyl (C=O) groups excluding carboxylic acids is 4. The van der Waals surface area contributed by atoms with Gasteiger partial charge in [-0.05, 0) is 42.5 Å². The Morgan fingerprint density at radius 2 is 1.54 bits per heavy atom. The molecular formula is C18H11ClN2O5. The normalized spacial score (nSPS) is 13.2. The molecule has 0 fully saturated rings. The van der Waals surface area contributed by atoms with Gasteiger partial charge < -0.3 is 0 Å². The fourth-order valence-corrected chi connectivity index (χ4v) is 2.71. The minimum Gasteiger partial charge on any atom is -0.289 e. The molecule has 3 amide bonds. The van der Waals surface area contributed by atoms with Crippen molar-refractivity contribution >= 4 is 40.8 Å². The lowest BCUT2D eigenvalue weighted by Gasteiger charge is -2.14. The third kappa shape index (κ3) is 3.13. The molecule has 7 nitrogen and oxygen atoms in total. The van der Waals surface area contributed by atoms with Crippen LogP contribution in [0.2, 0.25) is 5.02 Å². The number of ketones is 1. The Bertz CT molecular complexity index is 948. The number of hydrogen-bond acceptors (Lipinski definition) is 5. The van der Waals surface area contributed by atoms with Gasteiger partial charge in [-0.3, -0.25) is 24.4 Å². The second kappa shape index (κ2) is 6.91. The summed E-state index contributed by atoms with van der Waals surface area (Å²) in [6, 6.07) is 9.82. The van der Waals surface area contributed by atoms with Crippen LogP contribution in [0.1, 0.15) is 26.3 Å². The van der Waals surface area contributed by atoms with Crippen LogP contribution in [-0.4, -0.2) is 28.7 Å². The summed E-state index contributed by atoms with van der Waals surface area (Å²) in [5.41, 5.74) is 1.98. The zero-order valence-corrected chi connectivity index (χ0v) is 13.9. The fraction of sp³-hybridized carbons (Fsp3) is 0. The van der Waals surface area contributed by atoms with Crippen LogP contribution in [0.15, 0.2) is 54.6 Å². The summed E-state index contributed by atoms with van der Waals surface area (Å²) < 4.78 is 0. The molecule has 0 bridgehead atoms. The summed E-state index contributed by atoms with van der Waals surface area (Å²) in [5.74, 6) is -2.28. The van der Waals surface area contributed by atoms with Crippen molar-refractivity contribution in [3.63, 3.8) is 0 Å². The van der Waals surface area contributed by atoms with Gasteiger partial charge in [0.25, 0.3) is 17.7 Å². The van der Waals surface area contributed by atoms with E-state index >= 15 is 0 Å². The molecular weight excluding hydrogens is 360 g/mol. The lowest BCUT2D eigenvalue weighted by atomic mass is 9.97. The van der Waals surface area contributed by atoms with Gasteiger partial charge in [-0.2, -0.15) is 0 Å². The molecule has 26 heavy (non-hydrogen) atoms. The molecule has 0 spiro atoms. The highest BCUT2D eigenvalue weighted by Gasteiger charge is 2.25. The molecule has 2 aromatic carbocycles. The minimum atomic E-state index is -0.846. The molecule has 8 heteroatoms. The van der Waals surface area contributed by atoms with E-state index in [1.54, 1.807) is 0 Å². The second-order valence-electron chi connectivity index (χ2n) is 5.35. The molecule has 0 aliphatic carbocycles. The monoisotopic (exact) mass is 370 g/mol. The van der Waals surface area contributed by atoms with E-state index in [2.05, 4.69) is 0 Å². The molecule has 3 rings (SSSR count). The highest BCUT2D eigenvalue weighted by atomic mass is 35.5. The quantitative estimate of drug-likeness (QED) is 0.371. The Morgan fingerprint density at radius 1 is 0.923 bits per heavy atom. The van der Waals surface area contributed by atoms with Crippen LogP contribution < -0.4 is 10.4 Å². The van der Waals surface area contributed by atoms with Crippen LogP contribution in [0.25, 0.3) is 0 Å². The molecule has 2 N–H and O–H groups in total. The van der Waals surface area contributed by atoms with Crippen LogP contribution >= 0.6 is 11.6 Å². The number of hydroxylamine groups is 1. The van der Waals surface area contributed by atoms with E-state index in [1.807, 2.05) is 0 Å². The number of nitrogens with zero attached hydrogens (tertiary/aromatic N) is 1. The maximum Gasteiger partial charge on any atom is 0.275 e.